The summed E-state index contributed by atoms with van der Waals surface area (Å²) in [5.74, 6) is 0. The quantitative estimate of drug-likeness (QED) is 0.793. The summed E-state index contributed by atoms with van der Waals surface area (Å²) in [5.41, 5.74) is -0.0414. The molecule has 0 radical (unpaired) electrons. The lowest BCUT2D eigenvalue weighted by Crippen LogP contribution is -2.53. The Balaban J connectivity index is 2.16. The number of rotatable bonds is 1. The molecule has 0 amide bonds. The van der Waals surface area contributed by atoms with Gasteiger partial charge in [0.25, 0.3) is 0 Å². The van der Waals surface area contributed by atoms with Crippen molar-refractivity contribution in [2.24, 2.45) is 5.41 Å². The molecular formula is C12H19NOS. The van der Waals surface area contributed by atoms with Gasteiger partial charge in [-0.05, 0) is 26.0 Å². The summed E-state index contributed by atoms with van der Waals surface area (Å²) >= 11 is 1.81. The number of thiophene rings is 1. The summed E-state index contributed by atoms with van der Waals surface area (Å²) in [7, 11) is 0. The van der Waals surface area contributed by atoms with Crippen molar-refractivity contribution in [2.45, 2.75) is 33.4 Å². The van der Waals surface area contributed by atoms with Crippen molar-refractivity contribution in [2.75, 3.05) is 13.2 Å². The minimum Gasteiger partial charge on any atom is -0.355 e. The van der Waals surface area contributed by atoms with Gasteiger partial charge in [-0.1, -0.05) is 13.8 Å². The zero-order chi connectivity index (χ0) is 11.1. The fraction of sp³-hybridized carbons (Fsp3) is 0.667. The molecule has 84 valence electrons. The van der Waals surface area contributed by atoms with Crippen LogP contribution in [0.5, 0.6) is 0 Å². The van der Waals surface area contributed by atoms with Gasteiger partial charge in [0.15, 0.2) is 5.72 Å². The zero-order valence-electron chi connectivity index (χ0n) is 9.89. The first kappa shape index (κ1) is 11.1. The Labute approximate surface area is 95.6 Å². The van der Waals surface area contributed by atoms with Gasteiger partial charge in [0.2, 0.25) is 0 Å². The van der Waals surface area contributed by atoms with Crippen molar-refractivity contribution < 1.29 is 4.74 Å². The molecule has 3 heteroatoms. The molecule has 1 unspecified atom stereocenters. The van der Waals surface area contributed by atoms with Crippen molar-refractivity contribution in [1.29, 1.82) is 0 Å². The van der Waals surface area contributed by atoms with Crippen molar-refractivity contribution in [3.05, 3.63) is 21.9 Å². The van der Waals surface area contributed by atoms with E-state index in [1.807, 2.05) is 0 Å². The van der Waals surface area contributed by atoms with Crippen molar-refractivity contribution in [3.63, 3.8) is 0 Å². The Morgan fingerprint density at radius 1 is 1.33 bits per heavy atom. The van der Waals surface area contributed by atoms with Gasteiger partial charge < -0.3 is 4.74 Å². The van der Waals surface area contributed by atoms with E-state index in [0.717, 1.165) is 13.2 Å². The molecule has 1 fully saturated rings. The molecule has 2 rings (SSSR count). The van der Waals surface area contributed by atoms with Crippen LogP contribution in [0.25, 0.3) is 0 Å². The molecule has 0 aromatic carbocycles. The van der Waals surface area contributed by atoms with Crippen LogP contribution < -0.4 is 5.32 Å². The van der Waals surface area contributed by atoms with Crippen LogP contribution in [0.4, 0.5) is 0 Å². The zero-order valence-corrected chi connectivity index (χ0v) is 10.7. The summed E-state index contributed by atoms with van der Waals surface area (Å²) < 4.78 is 5.98. The highest BCUT2D eigenvalue weighted by molar-refractivity contribution is 7.12. The highest BCUT2D eigenvalue weighted by Crippen LogP contribution is 2.34. The molecule has 1 aliphatic rings. The molecule has 2 heterocycles. The maximum atomic E-state index is 5.98. The molecule has 1 aromatic rings. The lowest BCUT2D eigenvalue weighted by molar-refractivity contribution is -0.129. The van der Waals surface area contributed by atoms with Crippen LogP contribution in [0.3, 0.4) is 0 Å². The molecule has 0 aliphatic carbocycles. The van der Waals surface area contributed by atoms with E-state index in [-0.39, 0.29) is 11.1 Å². The summed E-state index contributed by atoms with van der Waals surface area (Å²) in [5, 5.41) is 3.50. The van der Waals surface area contributed by atoms with E-state index in [9.17, 15) is 0 Å². The van der Waals surface area contributed by atoms with Gasteiger partial charge in [-0.15, -0.1) is 11.3 Å². The van der Waals surface area contributed by atoms with Crippen LogP contribution in [0.1, 0.15) is 30.5 Å². The number of hydrogen-bond donors (Lipinski definition) is 1. The van der Waals surface area contributed by atoms with E-state index in [4.69, 9.17) is 4.74 Å². The Kier molecular flexibility index (Phi) is 2.65. The smallest absolute Gasteiger partial charge is 0.151 e. The topological polar surface area (TPSA) is 21.3 Å². The molecule has 0 saturated carbocycles. The summed E-state index contributed by atoms with van der Waals surface area (Å²) in [6.45, 7) is 10.5. The standard InChI is InChI=1S/C12H19NOS/c1-9-5-6-10(15-9)12(4)13-7-11(2,3)8-14-12/h5-6,13H,7-8H2,1-4H3. The number of aryl methyl sites for hydroxylation is 1. The molecule has 0 bridgehead atoms. The van der Waals surface area contributed by atoms with Crippen LogP contribution in [0.15, 0.2) is 12.1 Å². The second-order valence-corrected chi connectivity index (χ2v) is 6.54. The molecule has 0 spiro atoms. The van der Waals surface area contributed by atoms with Crippen LogP contribution >= 0.6 is 11.3 Å². The minimum atomic E-state index is -0.283. The Bertz CT molecular complexity index is 346. The molecule has 1 aliphatic heterocycles. The van der Waals surface area contributed by atoms with Crippen LogP contribution in [0.2, 0.25) is 0 Å². The Morgan fingerprint density at radius 3 is 2.53 bits per heavy atom. The second-order valence-electron chi connectivity index (χ2n) is 5.25. The van der Waals surface area contributed by atoms with E-state index < -0.39 is 0 Å². The highest BCUT2D eigenvalue weighted by atomic mass is 32.1. The molecule has 1 atom stereocenters. The second kappa shape index (κ2) is 3.58. The fourth-order valence-corrected chi connectivity index (χ4v) is 2.64. The molecule has 1 N–H and O–H groups in total. The van der Waals surface area contributed by atoms with Crippen LogP contribution in [-0.4, -0.2) is 13.2 Å². The monoisotopic (exact) mass is 225 g/mol. The SMILES string of the molecule is Cc1ccc(C2(C)NCC(C)(C)CO2)s1. The van der Waals surface area contributed by atoms with E-state index in [1.165, 1.54) is 9.75 Å². The number of nitrogens with one attached hydrogen (secondary N) is 1. The average molecular weight is 225 g/mol. The van der Waals surface area contributed by atoms with Gasteiger partial charge in [0.1, 0.15) is 0 Å². The molecule has 1 aromatic heterocycles. The minimum absolute atomic E-state index is 0.242. The van der Waals surface area contributed by atoms with Crippen LogP contribution in [-0.2, 0) is 10.5 Å². The third-order valence-corrected chi connectivity index (χ3v) is 4.07. The van der Waals surface area contributed by atoms with Gasteiger partial charge in [-0.2, -0.15) is 0 Å². The van der Waals surface area contributed by atoms with E-state index in [2.05, 4.69) is 45.1 Å². The van der Waals surface area contributed by atoms with E-state index in [1.54, 1.807) is 11.3 Å². The molecular weight excluding hydrogens is 206 g/mol. The fourth-order valence-electron chi connectivity index (χ4n) is 1.70. The highest BCUT2D eigenvalue weighted by Gasteiger charge is 2.37. The van der Waals surface area contributed by atoms with Crippen LogP contribution in [0, 0.1) is 12.3 Å². The predicted octanol–water partition coefficient (Wildman–Crippen LogP) is 2.88. The third kappa shape index (κ3) is 2.25. The third-order valence-electron chi connectivity index (χ3n) is 2.87. The summed E-state index contributed by atoms with van der Waals surface area (Å²) in [4.78, 5) is 2.61. The largest absolute Gasteiger partial charge is 0.355 e. The predicted molar refractivity (Wildman–Crippen MR) is 64.1 cm³/mol. The molecule has 15 heavy (non-hydrogen) atoms. The maximum absolute atomic E-state index is 5.98. The first-order chi connectivity index (χ1) is 6.91. The van der Waals surface area contributed by atoms with Gasteiger partial charge >= 0.3 is 0 Å². The van der Waals surface area contributed by atoms with Crippen molar-refractivity contribution in [1.82, 2.24) is 5.32 Å². The van der Waals surface area contributed by atoms with Gasteiger partial charge in [0.05, 0.1) is 11.5 Å². The lowest BCUT2D eigenvalue weighted by atomic mass is 9.92. The molecule has 1 saturated heterocycles. The van der Waals surface area contributed by atoms with Crippen molar-refractivity contribution in [3.8, 4) is 0 Å². The van der Waals surface area contributed by atoms with Gasteiger partial charge in [0, 0.05) is 16.8 Å². The number of ether oxygens (including phenoxy) is 1. The normalized spacial score (nSPS) is 30.4. The average Bonchev–Trinajstić information content (AvgIpc) is 2.59. The van der Waals surface area contributed by atoms with Gasteiger partial charge in [-0.25, -0.2) is 0 Å². The number of hydrogen-bond acceptors (Lipinski definition) is 3. The first-order valence-electron chi connectivity index (χ1n) is 5.37. The van der Waals surface area contributed by atoms with E-state index >= 15 is 0 Å². The lowest BCUT2D eigenvalue weighted by Gasteiger charge is -2.42. The Hall–Kier alpha value is -0.380. The molecule has 2 nitrogen and oxygen atoms in total. The van der Waals surface area contributed by atoms with E-state index in [0.29, 0.717) is 0 Å². The van der Waals surface area contributed by atoms with Gasteiger partial charge in [-0.3, -0.25) is 5.32 Å². The summed E-state index contributed by atoms with van der Waals surface area (Å²) in [6, 6.07) is 4.31. The van der Waals surface area contributed by atoms with Crippen molar-refractivity contribution >= 4 is 11.3 Å². The summed E-state index contributed by atoms with van der Waals surface area (Å²) in [6.07, 6.45) is 0. The maximum Gasteiger partial charge on any atom is 0.151 e. The first-order valence-corrected chi connectivity index (χ1v) is 6.19. The Morgan fingerprint density at radius 2 is 2.07 bits per heavy atom.